The quantitative estimate of drug-likeness (QED) is 0.661. The molecule has 2 aliphatic heterocycles. The van der Waals surface area contributed by atoms with Crippen LogP contribution in [-0.4, -0.2) is 46.4 Å². The van der Waals surface area contributed by atoms with Gasteiger partial charge < -0.3 is 4.90 Å². The van der Waals surface area contributed by atoms with Crippen LogP contribution in [0, 0.1) is 5.41 Å². The second-order valence-corrected chi connectivity index (χ2v) is 7.94. The van der Waals surface area contributed by atoms with E-state index in [9.17, 15) is 4.79 Å². The molecular weight excluding hydrogens is 224 g/mol. The van der Waals surface area contributed by atoms with Crippen molar-refractivity contribution in [3.8, 4) is 0 Å². The number of carbonyl (C=O) groups excluding carboxylic acids is 1. The second kappa shape index (κ2) is 4.22. The van der Waals surface area contributed by atoms with Gasteiger partial charge in [0, 0.05) is 37.1 Å². The zero-order valence-corrected chi connectivity index (χ0v) is 12.8. The molecule has 2 heterocycles. The monoisotopic (exact) mass is 252 g/mol. The maximum atomic E-state index is 11.9. The predicted octanol–water partition coefficient (Wildman–Crippen LogP) is 2.51. The van der Waals surface area contributed by atoms with E-state index >= 15 is 0 Å². The molecule has 3 nitrogen and oxygen atoms in total. The molecule has 2 atom stereocenters. The molecule has 1 amide bonds. The number of hydrogen-bond acceptors (Lipinski definition) is 2. The van der Waals surface area contributed by atoms with Crippen LogP contribution in [-0.2, 0) is 4.79 Å². The van der Waals surface area contributed by atoms with Crippen molar-refractivity contribution >= 4 is 5.91 Å². The van der Waals surface area contributed by atoms with Crippen molar-refractivity contribution in [2.45, 2.75) is 72.0 Å². The van der Waals surface area contributed by atoms with Crippen LogP contribution in [0.3, 0.4) is 0 Å². The number of fused-ring (bicyclic) bond motifs is 1. The number of hydrogen-bond donors (Lipinski definition) is 0. The maximum Gasteiger partial charge on any atom is 0.222 e. The molecule has 0 aromatic rings. The summed E-state index contributed by atoms with van der Waals surface area (Å²) in [6, 6.07) is 0.908. The minimum absolute atomic E-state index is 0.176. The second-order valence-electron chi connectivity index (χ2n) is 7.94. The van der Waals surface area contributed by atoms with E-state index in [1.54, 1.807) is 0 Å². The van der Waals surface area contributed by atoms with Gasteiger partial charge in [0.05, 0.1) is 0 Å². The first-order valence-corrected chi connectivity index (χ1v) is 7.17. The lowest BCUT2D eigenvalue weighted by Gasteiger charge is -2.54. The average Bonchev–Trinajstić information content (AvgIpc) is 2.56. The third-order valence-corrected chi connectivity index (χ3v) is 4.47. The summed E-state index contributed by atoms with van der Waals surface area (Å²) in [6.45, 7) is 15.7. The van der Waals surface area contributed by atoms with Gasteiger partial charge >= 0.3 is 0 Å². The van der Waals surface area contributed by atoms with Gasteiger partial charge in [-0.15, -0.1) is 0 Å². The molecule has 0 spiro atoms. The molecule has 0 radical (unpaired) electrons. The van der Waals surface area contributed by atoms with Gasteiger partial charge in [0.25, 0.3) is 0 Å². The zero-order chi connectivity index (χ0) is 13.7. The van der Waals surface area contributed by atoms with Crippen LogP contribution in [0.25, 0.3) is 0 Å². The third kappa shape index (κ3) is 2.42. The first kappa shape index (κ1) is 13.9. The topological polar surface area (TPSA) is 23.6 Å². The van der Waals surface area contributed by atoms with Gasteiger partial charge in [0.1, 0.15) is 0 Å². The molecule has 0 aliphatic carbocycles. The highest BCUT2D eigenvalue weighted by atomic mass is 16.2. The number of amides is 1. The van der Waals surface area contributed by atoms with Crippen molar-refractivity contribution in [3.63, 3.8) is 0 Å². The number of rotatable bonds is 0. The van der Waals surface area contributed by atoms with Crippen molar-refractivity contribution < 1.29 is 4.79 Å². The normalized spacial score (nSPS) is 30.8. The zero-order valence-electron chi connectivity index (χ0n) is 12.8. The van der Waals surface area contributed by atoms with Gasteiger partial charge in [0.2, 0.25) is 5.91 Å². The van der Waals surface area contributed by atoms with Crippen LogP contribution in [0.5, 0.6) is 0 Å². The van der Waals surface area contributed by atoms with E-state index in [1.165, 1.54) is 0 Å². The molecule has 2 saturated heterocycles. The van der Waals surface area contributed by atoms with Gasteiger partial charge in [-0.05, 0) is 32.6 Å². The molecule has 0 aromatic heterocycles. The number of carbonyl (C=O) groups is 1. The smallest absolute Gasteiger partial charge is 0.222 e. The molecule has 0 bridgehead atoms. The summed E-state index contributed by atoms with van der Waals surface area (Å²) in [5, 5.41) is 0. The Kier molecular flexibility index (Phi) is 3.25. The standard InChI is InChI=1S/C15H28N2O/c1-14(2,3)12-10-16-11(7-8-13(16)18)9-17(12)15(4,5)6/h11-12H,7-10H2,1-6H3. The molecule has 0 N–H and O–H groups in total. The summed E-state index contributed by atoms with van der Waals surface area (Å²) in [4.78, 5) is 16.7. The van der Waals surface area contributed by atoms with Gasteiger partial charge in [-0.3, -0.25) is 9.69 Å². The van der Waals surface area contributed by atoms with E-state index in [1.807, 2.05) is 0 Å². The van der Waals surface area contributed by atoms with E-state index < -0.39 is 0 Å². The Labute approximate surface area is 112 Å². The number of piperazine rings is 1. The average molecular weight is 252 g/mol. The summed E-state index contributed by atoms with van der Waals surface area (Å²) < 4.78 is 0. The highest BCUT2D eigenvalue weighted by Gasteiger charge is 2.46. The van der Waals surface area contributed by atoms with E-state index in [0.29, 0.717) is 18.0 Å². The SMILES string of the molecule is CC(C)(C)C1CN2C(=O)CCC2CN1C(C)(C)C. The molecule has 0 aromatic carbocycles. The molecule has 2 aliphatic rings. The fraction of sp³-hybridized carbons (Fsp3) is 0.933. The Morgan fingerprint density at radius 3 is 2.17 bits per heavy atom. The molecule has 18 heavy (non-hydrogen) atoms. The minimum Gasteiger partial charge on any atom is -0.337 e. The van der Waals surface area contributed by atoms with E-state index in [4.69, 9.17) is 0 Å². The van der Waals surface area contributed by atoms with Gasteiger partial charge in [-0.1, -0.05) is 20.8 Å². The van der Waals surface area contributed by atoms with E-state index in [0.717, 1.165) is 25.9 Å². The minimum atomic E-state index is 0.176. The summed E-state index contributed by atoms with van der Waals surface area (Å²) >= 11 is 0. The van der Waals surface area contributed by atoms with Gasteiger partial charge in [-0.25, -0.2) is 0 Å². The fourth-order valence-corrected chi connectivity index (χ4v) is 3.36. The summed E-state index contributed by atoms with van der Waals surface area (Å²) in [5.74, 6) is 0.364. The molecule has 104 valence electrons. The Hall–Kier alpha value is -0.570. The summed E-state index contributed by atoms with van der Waals surface area (Å²) in [5.41, 5.74) is 0.386. The lowest BCUT2D eigenvalue weighted by Crippen LogP contribution is -2.65. The van der Waals surface area contributed by atoms with Crippen molar-refractivity contribution in [1.82, 2.24) is 9.80 Å². The van der Waals surface area contributed by atoms with Crippen LogP contribution in [0.4, 0.5) is 0 Å². The van der Waals surface area contributed by atoms with Crippen molar-refractivity contribution in [1.29, 1.82) is 0 Å². The Bertz CT molecular complexity index is 337. The van der Waals surface area contributed by atoms with Crippen molar-refractivity contribution in [2.24, 2.45) is 5.41 Å². The first-order chi connectivity index (χ1) is 8.10. The Balaban J connectivity index is 2.26. The van der Waals surface area contributed by atoms with Crippen molar-refractivity contribution in [2.75, 3.05) is 13.1 Å². The summed E-state index contributed by atoms with van der Waals surface area (Å²) in [7, 11) is 0. The van der Waals surface area contributed by atoms with Crippen LogP contribution in [0.1, 0.15) is 54.4 Å². The molecule has 2 unspecified atom stereocenters. The van der Waals surface area contributed by atoms with Crippen LogP contribution in [0.15, 0.2) is 0 Å². The number of nitrogens with zero attached hydrogens (tertiary/aromatic N) is 2. The molecule has 0 saturated carbocycles. The van der Waals surface area contributed by atoms with Crippen LogP contribution in [0.2, 0.25) is 0 Å². The largest absolute Gasteiger partial charge is 0.337 e. The van der Waals surface area contributed by atoms with Gasteiger partial charge in [0.15, 0.2) is 0 Å². The Morgan fingerprint density at radius 1 is 1.06 bits per heavy atom. The summed E-state index contributed by atoms with van der Waals surface area (Å²) in [6.07, 6.45) is 1.79. The van der Waals surface area contributed by atoms with E-state index in [-0.39, 0.29) is 11.0 Å². The molecule has 2 rings (SSSR count). The highest BCUT2D eigenvalue weighted by molar-refractivity contribution is 5.79. The third-order valence-electron chi connectivity index (χ3n) is 4.47. The predicted molar refractivity (Wildman–Crippen MR) is 74.4 cm³/mol. The van der Waals surface area contributed by atoms with E-state index in [2.05, 4.69) is 51.3 Å². The Morgan fingerprint density at radius 2 is 1.67 bits per heavy atom. The highest BCUT2D eigenvalue weighted by Crippen LogP contribution is 2.37. The fourth-order valence-electron chi connectivity index (χ4n) is 3.36. The molecular formula is C15H28N2O. The van der Waals surface area contributed by atoms with Crippen molar-refractivity contribution in [3.05, 3.63) is 0 Å². The van der Waals surface area contributed by atoms with Gasteiger partial charge in [-0.2, -0.15) is 0 Å². The lowest BCUT2D eigenvalue weighted by atomic mass is 9.81. The van der Waals surface area contributed by atoms with Crippen LogP contribution < -0.4 is 0 Å². The maximum absolute atomic E-state index is 11.9. The first-order valence-electron chi connectivity index (χ1n) is 7.17. The van der Waals surface area contributed by atoms with Crippen LogP contribution >= 0.6 is 0 Å². The molecule has 2 fully saturated rings. The lowest BCUT2D eigenvalue weighted by molar-refractivity contribution is -0.136. The molecule has 3 heteroatoms.